The van der Waals surface area contributed by atoms with Gasteiger partial charge in [0.25, 0.3) is 0 Å². The van der Waals surface area contributed by atoms with E-state index in [2.05, 4.69) is 9.72 Å². The SMILES string of the molecule is COC(=O)c1ccc(N)c2cccnc12. The average Bonchev–Trinajstić information content (AvgIpc) is 2.29. The summed E-state index contributed by atoms with van der Waals surface area (Å²) >= 11 is 0. The molecule has 0 atom stereocenters. The summed E-state index contributed by atoms with van der Waals surface area (Å²) < 4.78 is 4.66. The molecule has 0 aliphatic carbocycles. The van der Waals surface area contributed by atoms with Crippen LogP contribution in [0.5, 0.6) is 0 Å². The van der Waals surface area contributed by atoms with Crippen LogP contribution >= 0.6 is 0 Å². The van der Waals surface area contributed by atoms with E-state index in [0.717, 1.165) is 5.39 Å². The number of carbonyl (C=O) groups is 1. The first-order valence-corrected chi connectivity index (χ1v) is 4.45. The Bertz CT molecular complexity index is 523. The highest BCUT2D eigenvalue weighted by atomic mass is 16.5. The molecule has 76 valence electrons. The lowest BCUT2D eigenvalue weighted by Gasteiger charge is -2.05. The van der Waals surface area contributed by atoms with Gasteiger partial charge in [-0.1, -0.05) is 0 Å². The maximum atomic E-state index is 11.4. The molecule has 0 amide bonds. The van der Waals surface area contributed by atoms with E-state index < -0.39 is 5.97 Å². The van der Waals surface area contributed by atoms with Gasteiger partial charge >= 0.3 is 5.97 Å². The third kappa shape index (κ3) is 1.50. The molecule has 4 nitrogen and oxygen atoms in total. The minimum Gasteiger partial charge on any atom is -0.465 e. The maximum Gasteiger partial charge on any atom is 0.340 e. The topological polar surface area (TPSA) is 65.2 Å². The quantitative estimate of drug-likeness (QED) is 0.563. The molecular weight excluding hydrogens is 192 g/mol. The number of methoxy groups -OCH3 is 1. The van der Waals surface area contributed by atoms with Gasteiger partial charge in [-0.05, 0) is 24.3 Å². The molecule has 0 bridgehead atoms. The van der Waals surface area contributed by atoms with Crippen LogP contribution in [0.1, 0.15) is 10.4 Å². The van der Waals surface area contributed by atoms with E-state index >= 15 is 0 Å². The van der Waals surface area contributed by atoms with Gasteiger partial charge in [0.05, 0.1) is 18.2 Å². The summed E-state index contributed by atoms with van der Waals surface area (Å²) in [5.74, 6) is -0.404. The number of anilines is 1. The number of hydrogen-bond donors (Lipinski definition) is 1. The molecular formula is C11H10N2O2. The number of pyridine rings is 1. The van der Waals surface area contributed by atoms with E-state index in [1.54, 1.807) is 24.4 Å². The minimum absolute atomic E-state index is 0.404. The fourth-order valence-corrected chi connectivity index (χ4v) is 1.47. The summed E-state index contributed by atoms with van der Waals surface area (Å²) in [6.45, 7) is 0. The zero-order valence-electron chi connectivity index (χ0n) is 8.23. The van der Waals surface area contributed by atoms with E-state index in [1.165, 1.54) is 7.11 Å². The average molecular weight is 202 g/mol. The van der Waals surface area contributed by atoms with Gasteiger partial charge < -0.3 is 10.5 Å². The fourth-order valence-electron chi connectivity index (χ4n) is 1.47. The molecule has 15 heavy (non-hydrogen) atoms. The van der Waals surface area contributed by atoms with E-state index in [4.69, 9.17) is 5.73 Å². The standard InChI is InChI=1S/C11H10N2O2/c1-15-11(14)8-4-5-9(12)7-3-2-6-13-10(7)8/h2-6H,12H2,1H3. The molecule has 0 aliphatic heterocycles. The Hall–Kier alpha value is -2.10. The van der Waals surface area contributed by atoms with E-state index in [0.29, 0.717) is 16.8 Å². The second-order valence-electron chi connectivity index (χ2n) is 3.09. The van der Waals surface area contributed by atoms with Crippen LogP contribution < -0.4 is 5.73 Å². The number of nitrogen functional groups attached to an aromatic ring is 1. The maximum absolute atomic E-state index is 11.4. The molecule has 0 saturated heterocycles. The van der Waals surface area contributed by atoms with Crippen LogP contribution in [-0.2, 0) is 4.74 Å². The van der Waals surface area contributed by atoms with Crippen molar-refractivity contribution >= 4 is 22.6 Å². The van der Waals surface area contributed by atoms with Crippen molar-refractivity contribution in [2.24, 2.45) is 0 Å². The lowest BCUT2D eigenvalue weighted by molar-refractivity contribution is 0.0603. The number of aromatic nitrogens is 1. The molecule has 0 radical (unpaired) electrons. The number of rotatable bonds is 1. The van der Waals surface area contributed by atoms with Crippen LogP contribution in [0.3, 0.4) is 0 Å². The lowest BCUT2D eigenvalue weighted by Crippen LogP contribution is -2.03. The van der Waals surface area contributed by atoms with Gasteiger partial charge in [0, 0.05) is 17.3 Å². The van der Waals surface area contributed by atoms with Crippen molar-refractivity contribution in [3.8, 4) is 0 Å². The van der Waals surface area contributed by atoms with Crippen molar-refractivity contribution in [2.45, 2.75) is 0 Å². The summed E-state index contributed by atoms with van der Waals surface area (Å²) in [4.78, 5) is 15.6. The third-order valence-electron chi connectivity index (χ3n) is 2.21. The van der Waals surface area contributed by atoms with Crippen LogP contribution in [0.15, 0.2) is 30.5 Å². The third-order valence-corrected chi connectivity index (χ3v) is 2.21. The first-order chi connectivity index (χ1) is 7.24. The van der Waals surface area contributed by atoms with Crippen molar-refractivity contribution < 1.29 is 9.53 Å². The molecule has 0 spiro atoms. The van der Waals surface area contributed by atoms with Gasteiger partial charge in [-0.2, -0.15) is 0 Å². The largest absolute Gasteiger partial charge is 0.465 e. The molecule has 2 N–H and O–H groups in total. The van der Waals surface area contributed by atoms with Crippen LogP contribution in [-0.4, -0.2) is 18.1 Å². The zero-order chi connectivity index (χ0) is 10.8. The Morgan fingerprint density at radius 3 is 2.93 bits per heavy atom. The number of nitrogens with zero attached hydrogens (tertiary/aromatic N) is 1. The predicted molar refractivity (Wildman–Crippen MR) is 57.5 cm³/mol. The smallest absolute Gasteiger partial charge is 0.340 e. The molecule has 0 aliphatic rings. The first kappa shape index (κ1) is 9.45. The van der Waals surface area contributed by atoms with Crippen LogP contribution in [0.25, 0.3) is 10.9 Å². The van der Waals surface area contributed by atoms with Gasteiger partial charge in [-0.15, -0.1) is 0 Å². The van der Waals surface area contributed by atoms with E-state index in [-0.39, 0.29) is 0 Å². The Morgan fingerprint density at radius 2 is 2.20 bits per heavy atom. The normalized spacial score (nSPS) is 10.2. The summed E-state index contributed by atoms with van der Waals surface area (Å²) in [5.41, 5.74) is 7.38. The monoisotopic (exact) mass is 202 g/mol. The van der Waals surface area contributed by atoms with Crippen LogP contribution in [0.2, 0.25) is 0 Å². The Morgan fingerprint density at radius 1 is 1.40 bits per heavy atom. The zero-order valence-corrected chi connectivity index (χ0v) is 8.23. The van der Waals surface area contributed by atoms with Gasteiger partial charge in [0.15, 0.2) is 0 Å². The molecule has 0 fully saturated rings. The van der Waals surface area contributed by atoms with Gasteiger partial charge in [-0.25, -0.2) is 4.79 Å². The van der Waals surface area contributed by atoms with Crippen molar-refractivity contribution in [2.75, 3.05) is 12.8 Å². The van der Waals surface area contributed by atoms with Crippen molar-refractivity contribution in [1.82, 2.24) is 4.98 Å². The summed E-state index contributed by atoms with van der Waals surface area (Å²) in [5, 5.41) is 0.764. The highest BCUT2D eigenvalue weighted by Gasteiger charge is 2.12. The van der Waals surface area contributed by atoms with Crippen molar-refractivity contribution in [1.29, 1.82) is 0 Å². The highest BCUT2D eigenvalue weighted by Crippen LogP contribution is 2.22. The van der Waals surface area contributed by atoms with Gasteiger partial charge in [-0.3, -0.25) is 4.98 Å². The molecule has 0 unspecified atom stereocenters. The summed E-state index contributed by atoms with van der Waals surface area (Å²) in [6.07, 6.45) is 1.62. The summed E-state index contributed by atoms with van der Waals surface area (Å²) in [6, 6.07) is 6.90. The molecule has 4 heteroatoms. The van der Waals surface area contributed by atoms with E-state index in [9.17, 15) is 4.79 Å². The van der Waals surface area contributed by atoms with Crippen LogP contribution in [0.4, 0.5) is 5.69 Å². The predicted octanol–water partition coefficient (Wildman–Crippen LogP) is 1.60. The Balaban J connectivity index is 2.77. The molecule has 1 aromatic carbocycles. The molecule has 1 aromatic heterocycles. The molecule has 2 aromatic rings. The van der Waals surface area contributed by atoms with E-state index in [1.807, 2.05) is 6.07 Å². The van der Waals surface area contributed by atoms with Gasteiger partial charge in [0.2, 0.25) is 0 Å². The van der Waals surface area contributed by atoms with Crippen LogP contribution in [0, 0.1) is 0 Å². The number of esters is 1. The second kappa shape index (κ2) is 3.57. The minimum atomic E-state index is -0.404. The molecule has 1 heterocycles. The number of carbonyl (C=O) groups excluding carboxylic acids is 1. The number of benzene rings is 1. The lowest BCUT2D eigenvalue weighted by atomic mass is 10.1. The summed E-state index contributed by atoms with van der Waals surface area (Å²) in [7, 11) is 1.34. The van der Waals surface area contributed by atoms with Gasteiger partial charge in [0.1, 0.15) is 0 Å². The van der Waals surface area contributed by atoms with Crippen molar-refractivity contribution in [3.05, 3.63) is 36.0 Å². The molecule has 2 rings (SSSR count). The first-order valence-electron chi connectivity index (χ1n) is 4.45. The second-order valence-corrected chi connectivity index (χ2v) is 3.09. The fraction of sp³-hybridized carbons (Fsp3) is 0.0909. The van der Waals surface area contributed by atoms with Crippen molar-refractivity contribution in [3.63, 3.8) is 0 Å². The number of hydrogen-bond acceptors (Lipinski definition) is 4. The number of fused-ring (bicyclic) bond motifs is 1. The molecule has 0 saturated carbocycles. The number of nitrogens with two attached hydrogens (primary N) is 1. The number of ether oxygens (including phenoxy) is 1. The highest BCUT2D eigenvalue weighted by molar-refractivity contribution is 6.06. The Labute approximate surface area is 86.7 Å². The Kier molecular flexibility index (Phi) is 2.25.